The van der Waals surface area contributed by atoms with Gasteiger partial charge in [-0.25, -0.2) is 19.3 Å². The minimum atomic E-state index is -0.145. The van der Waals surface area contributed by atoms with Gasteiger partial charge in [0.1, 0.15) is 5.52 Å². The Bertz CT molecular complexity index is 1470. The van der Waals surface area contributed by atoms with E-state index >= 15 is 0 Å². The topological polar surface area (TPSA) is 80.9 Å². The van der Waals surface area contributed by atoms with E-state index in [0.29, 0.717) is 17.0 Å². The molecule has 1 aliphatic carbocycles. The predicted octanol–water partition coefficient (Wildman–Crippen LogP) is 3.67. The van der Waals surface area contributed by atoms with E-state index in [2.05, 4.69) is 39.3 Å². The third-order valence-corrected chi connectivity index (χ3v) is 6.02. The molecule has 0 fully saturated rings. The summed E-state index contributed by atoms with van der Waals surface area (Å²) in [7, 11) is 0. The lowest BCUT2D eigenvalue weighted by Crippen LogP contribution is -2.26. The molecule has 0 radical (unpaired) electrons. The number of nitrogens with zero attached hydrogens (tertiary/aromatic N) is 5. The molecule has 0 saturated carbocycles. The number of hydrogen-bond acceptors (Lipinski definition) is 4. The highest BCUT2D eigenvalue weighted by Gasteiger charge is 2.25. The molecule has 5 aromatic rings. The summed E-state index contributed by atoms with van der Waals surface area (Å²) in [4.78, 5) is 25.2. The van der Waals surface area contributed by atoms with Crippen LogP contribution >= 0.6 is 0 Å². The zero-order chi connectivity index (χ0) is 20.2. The fourth-order valence-corrected chi connectivity index (χ4v) is 4.59. The standard InChI is InChI=1S/C23H20N6O/c1-14-9-10-28-20(11-14)17(12-25-28)21-24-13-18-22(27-21)29(23(30)26-18)19-8-4-6-15-5-2-3-7-16(15)19/h2-3,5,7,9-13,19H,4,6,8H2,1H3,(H,26,30)/t19-/m0/s1. The summed E-state index contributed by atoms with van der Waals surface area (Å²) in [6.07, 6.45) is 8.42. The van der Waals surface area contributed by atoms with Crippen LogP contribution in [0.5, 0.6) is 0 Å². The van der Waals surface area contributed by atoms with E-state index in [4.69, 9.17) is 4.98 Å². The first-order chi connectivity index (χ1) is 14.7. The Morgan fingerprint density at radius 3 is 3.00 bits per heavy atom. The lowest BCUT2D eigenvalue weighted by atomic mass is 9.87. The monoisotopic (exact) mass is 396 g/mol. The van der Waals surface area contributed by atoms with Gasteiger partial charge in [0, 0.05) is 6.20 Å². The van der Waals surface area contributed by atoms with Crippen LogP contribution in [0.2, 0.25) is 0 Å². The maximum atomic E-state index is 12.9. The van der Waals surface area contributed by atoms with Crippen molar-refractivity contribution in [2.75, 3.05) is 0 Å². The summed E-state index contributed by atoms with van der Waals surface area (Å²) in [6, 6.07) is 12.4. The molecule has 148 valence electrons. The number of rotatable bonds is 2. The number of pyridine rings is 1. The SMILES string of the molecule is Cc1ccn2ncc(-c3ncc4[nH]c(=O)n([C@H]5CCCc6ccccc65)c4n3)c2c1. The third kappa shape index (κ3) is 2.51. The van der Waals surface area contributed by atoms with E-state index < -0.39 is 0 Å². The molecule has 0 aliphatic heterocycles. The Morgan fingerprint density at radius 1 is 1.17 bits per heavy atom. The fourth-order valence-electron chi connectivity index (χ4n) is 4.59. The molecule has 1 aromatic carbocycles. The Hall–Kier alpha value is -3.74. The number of hydrogen-bond donors (Lipinski definition) is 1. The first kappa shape index (κ1) is 17.1. The third-order valence-electron chi connectivity index (χ3n) is 6.02. The summed E-state index contributed by atoms with van der Waals surface area (Å²) in [6.45, 7) is 2.05. The van der Waals surface area contributed by atoms with Crippen molar-refractivity contribution < 1.29 is 0 Å². The number of aromatic amines is 1. The van der Waals surface area contributed by atoms with Gasteiger partial charge in [-0.05, 0) is 55.0 Å². The molecule has 0 bridgehead atoms. The molecule has 0 spiro atoms. The second-order valence-corrected chi connectivity index (χ2v) is 7.93. The molecule has 0 saturated heterocycles. The van der Waals surface area contributed by atoms with E-state index in [-0.39, 0.29) is 11.7 Å². The average Bonchev–Trinajstić information content (AvgIpc) is 3.32. The number of nitrogens with one attached hydrogen (secondary N) is 1. The lowest BCUT2D eigenvalue weighted by molar-refractivity contribution is 0.487. The second-order valence-electron chi connectivity index (χ2n) is 7.93. The van der Waals surface area contributed by atoms with Crippen LogP contribution in [0, 0.1) is 6.92 Å². The molecule has 0 amide bonds. The first-order valence-electron chi connectivity index (χ1n) is 10.2. The van der Waals surface area contributed by atoms with E-state index in [9.17, 15) is 4.79 Å². The molecular weight excluding hydrogens is 376 g/mol. The van der Waals surface area contributed by atoms with Crippen LogP contribution in [0.25, 0.3) is 28.1 Å². The minimum absolute atomic E-state index is 0.0231. The Kier molecular flexibility index (Phi) is 3.65. The van der Waals surface area contributed by atoms with Crippen molar-refractivity contribution in [3.8, 4) is 11.4 Å². The van der Waals surface area contributed by atoms with Crippen molar-refractivity contribution in [2.45, 2.75) is 32.2 Å². The zero-order valence-electron chi connectivity index (χ0n) is 16.5. The average molecular weight is 396 g/mol. The first-order valence-corrected chi connectivity index (χ1v) is 10.2. The fraction of sp³-hybridized carbons (Fsp3) is 0.217. The number of H-pyrrole nitrogens is 1. The number of imidazole rings is 1. The molecule has 0 unspecified atom stereocenters. The molecule has 1 N–H and O–H groups in total. The number of aryl methyl sites for hydroxylation is 2. The van der Waals surface area contributed by atoms with Crippen molar-refractivity contribution in [3.63, 3.8) is 0 Å². The lowest BCUT2D eigenvalue weighted by Gasteiger charge is -2.26. The van der Waals surface area contributed by atoms with E-state index in [1.165, 1.54) is 11.1 Å². The van der Waals surface area contributed by atoms with E-state index in [1.54, 1.807) is 17.0 Å². The molecule has 4 aromatic heterocycles. The van der Waals surface area contributed by atoms with Crippen molar-refractivity contribution >= 4 is 16.7 Å². The van der Waals surface area contributed by atoms with Gasteiger partial charge in [-0.3, -0.25) is 4.57 Å². The Labute approximate surface area is 172 Å². The summed E-state index contributed by atoms with van der Waals surface area (Å²) in [5.74, 6) is 0.569. The predicted molar refractivity (Wildman–Crippen MR) is 115 cm³/mol. The normalized spacial score (nSPS) is 16.2. The van der Waals surface area contributed by atoms with Gasteiger partial charge >= 0.3 is 5.69 Å². The maximum Gasteiger partial charge on any atom is 0.328 e. The van der Waals surface area contributed by atoms with Crippen LogP contribution in [-0.4, -0.2) is 29.1 Å². The molecular formula is C23H20N6O. The smallest absolute Gasteiger partial charge is 0.303 e. The van der Waals surface area contributed by atoms with Crippen LogP contribution in [0.1, 0.15) is 35.6 Å². The maximum absolute atomic E-state index is 12.9. The summed E-state index contributed by atoms with van der Waals surface area (Å²) >= 11 is 0. The van der Waals surface area contributed by atoms with Gasteiger partial charge < -0.3 is 4.98 Å². The second kappa shape index (κ2) is 6.38. The van der Waals surface area contributed by atoms with Gasteiger partial charge in [-0.1, -0.05) is 24.3 Å². The quantitative estimate of drug-likeness (QED) is 0.494. The summed E-state index contributed by atoms with van der Waals surface area (Å²) in [5, 5.41) is 4.42. The molecule has 4 heterocycles. The van der Waals surface area contributed by atoms with Crippen molar-refractivity contribution in [2.24, 2.45) is 0 Å². The van der Waals surface area contributed by atoms with Crippen molar-refractivity contribution in [3.05, 3.63) is 82.2 Å². The van der Waals surface area contributed by atoms with Crippen LogP contribution in [0.4, 0.5) is 0 Å². The highest BCUT2D eigenvalue weighted by molar-refractivity contribution is 5.79. The van der Waals surface area contributed by atoms with Gasteiger partial charge in [0.05, 0.1) is 29.5 Å². The van der Waals surface area contributed by atoms with Crippen molar-refractivity contribution in [1.29, 1.82) is 0 Å². The molecule has 7 heteroatoms. The van der Waals surface area contributed by atoms with Crippen molar-refractivity contribution in [1.82, 2.24) is 29.1 Å². The zero-order valence-corrected chi connectivity index (χ0v) is 16.5. The van der Waals surface area contributed by atoms with Gasteiger partial charge in [0.25, 0.3) is 0 Å². The number of aromatic nitrogens is 6. The Balaban J connectivity index is 1.56. The highest BCUT2D eigenvalue weighted by atomic mass is 16.1. The van der Waals surface area contributed by atoms with Gasteiger partial charge in [0.15, 0.2) is 11.5 Å². The van der Waals surface area contributed by atoms with E-state index in [1.807, 2.05) is 29.8 Å². The molecule has 7 nitrogen and oxygen atoms in total. The number of fused-ring (bicyclic) bond motifs is 3. The largest absolute Gasteiger partial charge is 0.328 e. The van der Waals surface area contributed by atoms with Gasteiger partial charge in [-0.15, -0.1) is 0 Å². The molecule has 6 rings (SSSR count). The van der Waals surface area contributed by atoms with Gasteiger partial charge in [0.2, 0.25) is 0 Å². The van der Waals surface area contributed by atoms with Crippen LogP contribution in [0.15, 0.2) is 59.8 Å². The van der Waals surface area contributed by atoms with Gasteiger partial charge in [-0.2, -0.15) is 5.10 Å². The minimum Gasteiger partial charge on any atom is -0.303 e. The molecule has 30 heavy (non-hydrogen) atoms. The summed E-state index contributed by atoms with van der Waals surface area (Å²) < 4.78 is 3.62. The number of benzene rings is 1. The van der Waals surface area contributed by atoms with Crippen LogP contribution < -0.4 is 5.69 Å². The van der Waals surface area contributed by atoms with Crippen LogP contribution in [0.3, 0.4) is 0 Å². The molecule has 1 atom stereocenters. The van der Waals surface area contributed by atoms with Crippen LogP contribution in [-0.2, 0) is 6.42 Å². The van der Waals surface area contributed by atoms with E-state index in [0.717, 1.165) is 35.9 Å². The summed E-state index contributed by atoms with van der Waals surface area (Å²) in [5.41, 5.74) is 6.60. The molecule has 1 aliphatic rings. The Morgan fingerprint density at radius 2 is 2.07 bits per heavy atom. The highest BCUT2D eigenvalue weighted by Crippen LogP contribution is 2.33.